The van der Waals surface area contributed by atoms with Gasteiger partial charge in [0.05, 0.1) is 12.0 Å². The van der Waals surface area contributed by atoms with Crippen LogP contribution >= 0.6 is 0 Å². The molecule has 0 saturated carbocycles. The fraction of sp³-hybridized carbons (Fsp3) is 0.250. The molecule has 0 fully saturated rings. The number of allylic oxidation sites excluding steroid dienone is 2. The van der Waals surface area contributed by atoms with Crippen molar-refractivity contribution in [1.82, 2.24) is 9.78 Å². The Labute approximate surface area is 98.3 Å². The lowest BCUT2D eigenvalue weighted by molar-refractivity contribution is 0.362. The maximum Gasteiger partial charge on any atom is 0.203 e. The molecule has 88 valence electrons. The number of hydrogen-bond donors (Lipinski definition) is 0. The first-order valence-electron chi connectivity index (χ1n) is 4.99. The van der Waals surface area contributed by atoms with Crippen molar-refractivity contribution >= 4 is 6.20 Å². The van der Waals surface area contributed by atoms with Gasteiger partial charge in [0, 0.05) is 18.5 Å². The highest BCUT2D eigenvalue weighted by molar-refractivity contribution is 5.24. The number of alkyl halides is 1. The van der Waals surface area contributed by atoms with Crippen LogP contribution in [0.2, 0.25) is 0 Å². The van der Waals surface area contributed by atoms with Crippen molar-refractivity contribution in [3.05, 3.63) is 46.9 Å². The lowest BCUT2D eigenvalue weighted by Gasteiger charge is -2.05. The quantitative estimate of drug-likeness (QED) is 0.743. The Balaban J connectivity index is 2.84. The van der Waals surface area contributed by atoms with Crippen LogP contribution < -0.4 is 5.43 Å². The van der Waals surface area contributed by atoms with Crippen molar-refractivity contribution in [2.45, 2.75) is 13.1 Å². The summed E-state index contributed by atoms with van der Waals surface area (Å²) in [6.07, 6.45) is 3.80. The molecule has 0 aromatic carbocycles. The number of nitrogens with zero attached hydrogens (tertiary/aromatic N) is 3. The van der Waals surface area contributed by atoms with Gasteiger partial charge in [-0.25, -0.2) is 9.07 Å². The molecule has 0 N–H and O–H groups in total. The van der Waals surface area contributed by atoms with Gasteiger partial charge in [0.1, 0.15) is 11.9 Å². The minimum atomic E-state index is -1.45. The van der Waals surface area contributed by atoms with Gasteiger partial charge in [0.2, 0.25) is 5.43 Å². The lowest BCUT2D eigenvalue weighted by atomic mass is 10.1. The van der Waals surface area contributed by atoms with Crippen LogP contribution in [0.4, 0.5) is 4.39 Å². The standard InChI is InChI=1S/C12H12FN3O/c1-3-10(8-14)11(13)4-6-16-7-5-12(17)9(2)15-16/h3-7,10-11H,1H2,2H3/b6-4+. The highest BCUT2D eigenvalue weighted by Crippen LogP contribution is 2.09. The maximum atomic E-state index is 13.5. The van der Waals surface area contributed by atoms with Gasteiger partial charge in [0.25, 0.3) is 0 Å². The van der Waals surface area contributed by atoms with Crippen molar-refractivity contribution < 1.29 is 4.39 Å². The van der Waals surface area contributed by atoms with Crippen LogP contribution in [0, 0.1) is 24.2 Å². The zero-order valence-corrected chi connectivity index (χ0v) is 9.38. The van der Waals surface area contributed by atoms with Crippen molar-refractivity contribution in [3.8, 4) is 6.07 Å². The van der Waals surface area contributed by atoms with Gasteiger partial charge in [-0.3, -0.25) is 4.79 Å². The van der Waals surface area contributed by atoms with Gasteiger partial charge in [-0.15, -0.1) is 6.58 Å². The second kappa shape index (κ2) is 5.75. The summed E-state index contributed by atoms with van der Waals surface area (Å²) in [6.45, 7) is 4.94. The maximum absolute atomic E-state index is 13.5. The van der Waals surface area contributed by atoms with Crippen LogP contribution in [-0.4, -0.2) is 16.0 Å². The summed E-state index contributed by atoms with van der Waals surface area (Å²) in [4.78, 5) is 11.1. The van der Waals surface area contributed by atoms with Crippen molar-refractivity contribution in [2.24, 2.45) is 5.92 Å². The summed E-state index contributed by atoms with van der Waals surface area (Å²) in [5.41, 5.74) is 0.153. The Morgan fingerprint density at radius 1 is 1.71 bits per heavy atom. The largest absolute Gasteiger partial charge is 0.288 e. The summed E-state index contributed by atoms with van der Waals surface area (Å²) in [5.74, 6) is -0.883. The Morgan fingerprint density at radius 3 is 2.94 bits per heavy atom. The molecule has 5 heteroatoms. The Hall–Kier alpha value is -2.22. The molecule has 1 rings (SSSR count). The summed E-state index contributed by atoms with van der Waals surface area (Å²) in [6, 6.07) is 3.13. The molecule has 0 aliphatic rings. The molecule has 0 aliphatic carbocycles. The number of rotatable bonds is 4. The van der Waals surface area contributed by atoms with Crippen LogP contribution in [0.1, 0.15) is 5.69 Å². The van der Waals surface area contributed by atoms with E-state index in [1.807, 2.05) is 0 Å². The lowest BCUT2D eigenvalue weighted by Crippen LogP contribution is -2.12. The summed E-state index contributed by atoms with van der Waals surface area (Å²) >= 11 is 0. The van der Waals surface area contributed by atoms with Crippen molar-refractivity contribution in [1.29, 1.82) is 5.26 Å². The SMILES string of the molecule is C=CC(C#N)C(F)/C=C/n1ccc(=O)c(C)n1. The molecule has 0 bridgehead atoms. The number of hydrogen-bond acceptors (Lipinski definition) is 3. The van der Waals surface area contributed by atoms with E-state index in [0.29, 0.717) is 5.69 Å². The normalized spacial score (nSPS) is 14.2. The number of aromatic nitrogens is 2. The minimum Gasteiger partial charge on any atom is -0.288 e. The predicted octanol–water partition coefficient (Wildman–Crippen LogP) is 1.69. The molecule has 2 atom stereocenters. The second-order valence-electron chi connectivity index (χ2n) is 3.42. The topological polar surface area (TPSA) is 58.7 Å². The van der Waals surface area contributed by atoms with E-state index >= 15 is 0 Å². The van der Waals surface area contributed by atoms with E-state index in [1.54, 1.807) is 13.0 Å². The fourth-order valence-electron chi connectivity index (χ4n) is 1.15. The van der Waals surface area contributed by atoms with Crippen LogP contribution in [0.5, 0.6) is 0 Å². The van der Waals surface area contributed by atoms with E-state index in [0.717, 1.165) is 0 Å². The fourth-order valence-corrected chi connectivity index (χ4v) is 1.15. The molecule has 2 unspecified atom stereocenters. The highest BCUT2D eigenvalue weighted by atomic mass is 19.1. The van der Waals surface area contributed by atoms with E-state index in [1.165, 1.54) is 35.3 Å². The molecule has 1 aromatic rings. The minimum absolute atomic E-state index is 0.174. The Kier molecular flexibility index (Phi) is 4.35. The predicted molar refractivity (Wildman–Crippen MR) is 62.8 cm³/mol. The molecule has 0 aliphatic heterocycles. The van der Waals surface area contributed by atoms with E-state index in [9.17, 15) is 9.18 Å². The van der Waals surface area contributed by atoms with Crippen LogP contribution in [0.3, 0.4) is 0 Å². The van der Waals surface area contributed by atoms with Gasteiger partial charge in [-0.05, 0) is 13.0 Å². The Morgan fingerprint density at radius 2 is 2.41 bits per heavy atom. The van der Waals surface area contributed by atoms with E-state index in [2.05, 4.69) is 11.7 Å². The molecule has 0 spiro atoms. The van der Waals surface area contributed by atoms with Gasteiger partial charge in [-0.1, -0.05) is 6.08 Å². The van der Waals surface area contributed by atoms with Gasteiger partial charge in [-0.2, -0.15) is 10.4 Å². The monoisotopic (exact) mass is 233 g/mol. The summed E-state index contributed by atoms with van der Waals surface area (Å²) < 4.78 is 14.8. The third-order valence-electron chi connectivity index (χ3n) is 2.17. The third kappa shape index (κ3) is 3.38. The molecule has 0 saturated heterocycles. The molecular weight excluding hydrogens is 221 g/mol. The van der Waals surface area contributed by atoms with E-state index in [-0.39, 0.29) is 5.43 Å². The number of aryl methyl sites for hydroxylation is 1. The highest BCUT2D eigenvalue weighted by Gasteiger charge is 2.13. The molecule has 0 amide bonds. The van der Waals surface area contributed by atoms with Crippen LogP contribution in [0.25, 0.3) is 6.20 Å². The first-order chi connectivity index (χ1) is 8.08. The Bertz CT molecular complexity index is 527. The van der Waals surface area contributed by atoms with E-state index in [4.69, 9.17) is 5.26 Å². The zero-order chi connectivity index (χ0) is 12.8. The molecule has 4 nitrogen and oxygen atoms in total. The molecule has 1 heterocycles. The number of halogens is 1. The first kappa shape index (κ1) is 12.8. The third-order valence-corrected chi connectivity index (χ3v) is 2.17. The van der Waals surface area contributed by atoms with Gasteiger partial charge < -0.3 is 0 Å². The summed E-state index contributed by atoms with van der Waals surface area (Å²) in [5, 5.41) is 12.5. The second-order valence-corrected chi connectivity index (χ2v) is 3.42. The average Bonchev–Trinajstić information content (AvgIpc) is 2.32. The number of nitriles is 1. The first-order valence-corrected chi connectivity index (χ1v) is 4.99. The van der Waals surface area contributed by atoms with E-state index < -0.39 is 12.1 Å². The molecule has 1 aromatic heterocycles. The molecular formula is C12H12FN3O. The molecule has 17 heavy (non-hydrogen) atoms. The smallest absolute Gasteiger partial charge is 0.203 e. The summed E-state index contributed by atoms with van der Waals surface area (Å²) in [7, 11) is 0. The van der Waals surface area contributed by atoms with Gasteiger partial charge in [0.15, 0.2) is 0 Å². The van der Waals surface area contributed by atoms with Gasteiger partial charge >= 0.3 is 0 Å². The van der Waals surface area contributed by atoms with Crippen LogP contribution in [0.15, 0.2) is 35.8 Å². The van der Waals surface area contributed by atoms with Crippen molar-refractivity contribution in [3.63, 3.8) is 0 Å². The average molecular weight is 233 g/mol. The van der Waals surface area contributed by atoms with Crippen molar-refractivity contribution in [2.75, 3.05) is 0 Å². The molecule has 0 radical (unpaired) electrons. The van der Waals surface area contributed by atoms with Crippen LogP contribution in [-0.2, 0) is 0 Å². The zero-order valence-electron chi connectivity index (χ0n) is 9.38.